The Balaban J connectivity index is 2.15. The fourth-order valence-corrected chi connectivity index (χ4v) is 2.45. The normalized spacial score (nSPS) is 48.0. The number of hydrogen-bond acceptors (Lipinski definition) is 2. The lowest BCUT2D eigenvalue weighted by atomic mass is 9.83. The van der Waals surface area contributed by atoms with Crippen molar-refractivity contribution in [2.24, 2.45) is 11.3 Å². The van der Waals surface area contributed by atoms with Crippen molar-refractivity contribution in [2.45, 2.75) is 6.92 Å². The number of nitrogens with one attached hydrogen (secondary N) is 1. The van der Waals surface area contributed by atoms with E-state index < -0.39 is 0 Å². The average Bonchev–Trinajstić information content (AvgIpc) is 2.20. The van der Waals surface area contributed by atoms with Crippen LogP contribution in [-0.4, -0.2) is 38.1 Å². The maximum atomic E-state index is 3.46. The molecule has 2 heterocycles. The second kappa shape index (κ2) is 1.95. The average molecular weight is 140 g/mol. The summed E-state index contributed by atoms with van der Waals surface area (Å²) in [6.45, 7) is 7.44. The van der Waals surface area contributed by atoms with Gasteiger partial charge in [-0.15, -0.1) is 0 Å². The first-order valence-corrected chi connectivity index (χ1v) is 4.10. The van der Waals surface area contributed by atoms with Crippen LogP contribution < -0.4 is 5.32 Å². The van der Waals surface area contributed by atoms with E-state index in [1.54, 1.807) is 0 Å². The molecule has 58 valence electrons. The lowest BCUT2D eigenvalue weighted by Crippen LogP contribution is -2.27. The lowest BCUT2D eigenvalue weighted by Gasteiger charge is -2.20. The van der Waals surface area contributed by atoms with Gasteiger partial charge in [0.15, 0.2) is 0 Å². The van der Waals surface area contributed by atoms with Gasteiger partial charge in [0.2, 0.25) is 0 Å². The Hall–Kier alpha value is -0.0800. The smallest absolute Gasteiger partial charge is 0.00482 e. The zero-order valence-corrected chi connectivity index (χ0v) is 6.85. The molecule has 0 amide bonds. The predicted octanol–water partition coefficient (Wildman–Crippen LogP) is 0.157. The van der Waals surface area contributed by atoms with Crippen LogP contribution in [0.2, 0.25) is 0 Å². The molecule has 0 spiro atoms. The van der Waals surface area contributed by atoms with Gasteiger partial charge in [0, 0.05) is 19.6 Å². The van der Waals surface area contributed by atoms with Crippen LogP contribution >= 0.6 is 0 Å². The van der Waals surface area contributed by atoms with Crippen LogP contribution in [0.5, 0.6) is 0 Å². The van der Waals surface area contributed by atoms with E-state index in [0.717, 1.165) is 5.92 Å². The highest BCUT2D eigenvalue weighted by molar-refractivity contribution is 4.99. The van der Waals surface area contributed by atoms with E-state index in [1.165, 1.54) is 26.2 Å². The van der Waals surface area contributed by atoms with Crippen molar-refractivity contribution >= 4 is 0 Å². The molecule has 2 nitrogen and oxygen atoms in total. The van der Waals surface area contributed by atoms with Crippen LogP contribution in [0.1, 0.15) is 6.92 Å². The first kappa shape index (κ1) is 6.62. The molecular formula is C8H16N2. The molecule has 0 saturated carbocycles. The van der Waals surface area contributed by atoms with Crippen LogP contribution in [0, 0.1) is 11.3 Å². The minimum Gasteiger partial charge on any atom is -0.316 e. The number of nitrogens with zero attached hydrogens (tertiary/aromatic N) is 1. The fraction of sp³-hybridized carbons (Fsp3) is 1.00. The third-order valence-corrected chi connectivity index (χ3v) is 3.07. The zero-order valence-electron chi connectivity index (χ0n) is 6.85. The molecule has 0 aromatic carbocycles. The Labute approximate surface area is 62.6 Å². The monoisotopic (exact) mass is 140 g/mol. The molecule has 1 N–H and O–H groups in total. The Morgan fingerprint density at radius 3 is 3.10 bits per heavy atom. The van der Waals surface area contributed by atoms with Crippen molar-refractivity contribution in [1.29, 1.82) is 0 Å². The Morgan fingerprint density at radius 1 is 1.60 bits per heavy atom. The minimum absolute atomic E-state index is 0.592. The van der Waals surface area contributed by atoms with Gasteiger partial charge in [-0.3, -0.25) is 0 Å². The predicted molar refractivity (Wildman–Crippen MR) is 42.0 cm³/mol. The van der Waals surface area contributed by atoms with Crippen LogP contribution in [0.15, 0.2) is 0 Å². The van der Waals surface area contributed by atoms with E-state index in [1.807, 2.05) is 0 Å². The number of hydrogen-bond donors (Lipinski definition) is 1. The molecule has 2 aliphatic heterocycles. The molecule has 2 rings (SSSR count). The first-order valence-electron chi connectivity index (χ1n) is 4.10. The van der Waals surface area contributed by atoms with Crippen molar-refractivity contribution in [1.82, 2.24) is 10.2 Å². The fourth-order valence-electron chi connectivity index (χ4n) is 2.45. The van der Waals surface area contributed by atoms with E-state index >= 15 is 0 Å². The minimum atomic E-state index is 0.592. The van der Waals surface area contributed by atoms with Gasteiger partial charge in [-0.05, 0) is 24.9 Å². The zero-order chi connectivity index (χ0) is 7.19. The molecule has 2 atom stereocenters. The van der Waals surface area contributed by atoms with Gasteiger partial charge in [-0.25, -0.2) is 0 Å². The van der Waals surface area contributed by atoms with Crippen LogP contribution in [0.4, 0.5) is 0 Å². The third-order valence-electron chi connectivity index (χ3n) is 3.07. The molecule has 0 bridgehead atoms. The molecule has 2 saturated heterocycles. The van der Waals surface area contributed by atoms with E-state index in [2.05, 4.69) is 24.2 Å². The van der Waals surface area contributed by atoms with E-state index in [0.29, 0.717) is 5.41 Å². The Bertz CT molecular complexity index is 146. The van der Waals surface area contributed by atoms with Crippen LogP contribution in [0.3, 0.4) is 0 Å². The maximum Gasteiger partial charge on any atom is 0.00482 e. The highest BCUT2D eigenvalue weighted by Gasteiger charge is 2.44. The quantitative estimate of drug-likeness (QED) is 0.515. The summed E-state index contributed by atoms with van der Waals surface area (Å²) in [5.74, 6) is 0.914. The highest BCUT2D eigenvalue weighted by Crippen LogP contribution is 2.37. The summed E-state index contributed by atoms with van der Waals surface area (Å²) in [6, 6.07) is 0. The number of rotatable bonds is 0. The van der Waals surface area contributed by atoms with Gasteiger partial charge in [0.25, 0.3) is 0 Å². The molecule has 2 fully saturated rings. The molecular weight excluding hydrogens is 124 g/mol. The Kier molecular flexibility index (Phi) is 1.29. The van der Waals surface area contributed by atoms with Gasteiger partial charge in [0.05, 0.1) is 0 Å². The molecule has 0 radical (unpaired) electrons. The molecule has 2 aliphatic rings. The van der Waals surface area contributed by atoms with Gasteiger partial charge in [-0.1, -0.05) is 6.92 Å². The van der Waals surface area contributed by atoms with Crippen LogP contribution in [0.25, 0.3) is 0 Å². The molecule has 0 aliphatic carbocycles. The first-order chi connectivity index (χ1) is 4.71. The lowest BCUT2D eigenvalue weighted by molar-refractivity contribution is 0.309. The van der Waals surface area contributed by atoms with E-state index in [-0.39, 0.29) is 0 Å². The third kappa shape index (κ3) is 0.789. The topological polar surface area (TPSA) is 15.3 Å². The maximum absolute atomic E-state index is 3.46. The molecule has 1 unspecified atom stereocenters. The van der Waals surface area contributed by atoms with Crippen molar-refractivity contribution in [3.63, 3.8) is 0 Å². The van der Waals surface area contributed by atoms with Crippen molar-refractivity contribution in [3.05, 3.63) is 0 Å². The standard InChI is InChI=1S/C8H16N2/c1-8-5-9-3-7(8)4-10(2)6-8/h7,9H,3-6H2,1-2H3/t7-,8?/m1/s1. The van der Waals surface area contributed by atoms with Gasteiger partial charge < -0.3 is 10.2 Å². The second-order valence-corrected chi connectivity index (χ2v) is 4.18. The summed E-state index contributed by atoms with van der Waals surface area (Å²) < 4.78 is 0. The van der Waals surface area contributed by atoms with Gasteiger partial charge in [0.1, 0.15) is 0 Å². The second-order valence-electron chi connectivity index (χ2n) is 4.18. The largest absolute Gasteiger partial charge is 0.316 e. The molecule has 0 aromatic heterocycles. The summed E-state index contributed by atoms with van der Waals surface area (Å²) in [5, 5.41) is 3.46. The summed E-state index contributed by atoms with van der Waals surface area (Å²) in [6.07, 6.45) is 0. The van der Waals surface area contributed by atoms with Crippen LogP contribution in [-0.2, 0) is 0 Å². The summed E-state index contributed by atoms with van der Waals surface area (Å²) in [5.41, 5.74) is 0.592. The summed E-state index contributed by atoms with van der Waals surface area (Å²) in [7, 11) is 2.23. The van der Waals surface area contributed by atoms with E-state index in [9.17, 15) is 0 Å². The molecule has 2 heteroatoms. The molecule has 0 aromatic rings. The van der Waals surface area contributed by atoms with Gasteiger partial charge >= 0.3 is 0 Å². The van der Waals surface area contributed by atoms with Crippen molar-refractivity contribution in [2.75, 3.05) is 33.2 Å². The summed E-state index contributed by atoms with van der Waals surface area (Å²) in [4.78, 5) is 2.45. The van der Waals surface area contributed by atoms with Crippen molar-refractivity contribution in [3.8, 4) is 0 Å². The number of fused-ring (bicyclic) bond motifs is 1. The molecule has 10 heavy (non-hydrogen) atoms. The SMILES string of the molecule is CN1C[C@H]2CNCC2(C)C1. The van der Waals surface area contributed by atoms with Gasteiger partial charge in [-0.2, -0.15) is 0 Å². The number of likely N-dealkylation sites (tertiary alicyclic amines) is 1. The summed E-state index contributed by atoms with van der Waals surface area (Å²) >= 11 is 0. The van der Waals surface area contributed by atoms with Crippen molar-refractivity contribution < 1.29 is 0 Å². The Morgan fingerprint density at radius 2 is 2.40 bits per heavy atom. The highest BCUT2D eigenvalue weighted by atomic mass is 15.2. The van der Waals surface area contributed by atoms with E-state index in [4.69, 9.17) is 0 Å².